The average molecular weight is 331 g/mol. The number of carbonyl (C=O) groups excluding carboxylic acids is 3. The second kappa shape index (κ2) is 6.51. The first-order valence-corrected chi connectivity index (χ1v) is 8.15. The molecule has 7 heteroatoms. The van der Waals surface area contributed by atoms with Gasteiger partial charge < -0.3 is 14.5 Å². The Hall–Kier alpha value is -2.57. The van der Waals surface area contributed by atoms with Crippen LogP contribution in [0.25, 0.3) is 0 Å². The number of benzene rings is 1. The highest BCUT2D eigenvalue weighted by molar-refractivity contribution is 6.07. The average Bonchev–Trinajstić information content (AvgIpc) is 2.81. The lowest BCUT2D eigenvalue weighted by Crippen LogP contribution is -2.57. The summed E-state index contributed by atoms with van der Waals surface area (Å²) in [6.45, 7) is 3.24. The van der Waals surface area contributed by atoms with Crippen LogP contribution in [0.4, 0.5) is 9.59 Å². The van der Waals surface area contributed by atoms with Gasteiger partial charge in [0.05, 0.1) is 6.61 Å². The maximum Gasteiger partial charge on any atom is 0.409 e. The number of nitrogens with zero attached hydrogens (tertiary/aromatic N) is 2. The molecule has 0 atom stereocenters. The monoisotopic (exact) mass is 331 g/mol. The molecule has 24 heavy (non-hydrogen) atoms. The van der Waals surface area contributed by atoms with Gasteiger partial charge in [0.25, 0.3) is 5.91 Å². The summed E-state index contributed by atoms with van der Waals surface area (Å²) in [6.07, 6.45) is 0.457. The molecule has 0 aromatic heterocycles. The molecule has 0 aliphatic carbocycles. The van der Waals surface area contributed by atoms with Crippen molar-refractivity contribution in [1.29, 1.82) is 0 Å². The van der Waals surface area contributed by atoms with Gasteiger partial charge in [-0.1, -0.05) is 30.3 Å². The Morgan fingerprint density at radius 2 is 1.88 bits per heavy atom. The number of urea groups is 1. The van der Waals surface area contributed by atoms with Gasteiger partial charge in [0.15, 0.2) is 0 Å². The first-order chi connectivity index (χ1) is 11.6. The Labute approximate surface area is 140 Å². The minimum absolute atomic E-state index is 0.271. The molecule has 128 valence electrons. The van der Waals surface area contributed by atoms with Gasteiger partial charge in [-0.05, 0) is 25.3 Å². The second-order valence-electron chi connectivity index (χ2n) is 6.05. The zero-order valence-corrected chi connectivity index (χ0v) is 13.7. The molecule has 0 saturated carbocycles. The molecule has 7 nitrogen and oxygen atoms in total. The largest absolute Gasteiger partial charge is 0.450 e. The molecule has 2 fully saturated rings. The quantitative estimate of drug-likeness (QED) is 0.856. The SMILES string of the molecule is CCOC(=O)N1CCC2(CC1)C(=O)NC(=O)N2Cc1ccccc1. The van der Waals surface area contributed by atoms with Crippen LogP contribution in [0.5, 0.6) is 0 Å². The van der Waals surface area contributed by atoms with Crippen molar-refractivity contribution >= 4 is 18.0 Å². The number of imide groups is 1. The fourth-order valence-electron chi connectivity index (χ4n) is 3.36. The number of carbonyl (C=O) groups is 3. The maximum absolute atomic E-state index is 12.5. The highest BCUT2D eigenvalue weighted by Crippen LogP contribution is 2.34. The molecule has 4 amide bonds. The van der Waals surface area contributed by atoms with E-state index in [1.165, 1.54) is 0 Å². The van der Waals surface area contributed by atoms with E-state index in [1.54, 1.807) is 16.7 Å². The van der Waals surface area contributed by atoms with Crippen LogP contribution in [-0.2, 0) is 16.1 Å². The maximum atomic E-state index is 12.5. The van der Waals surface area contributed by atoms with Crippen molar-refractivity contribution in [2.45, 2.75) is 31.8 Å². The van der Waals surface area contributed by atoms with Gasteiger partial charge in [-0.2, -0.15) is 0 Å². The van der Waals surface area contributed by atoms with Crippen LogP contribution in [0.1, 0.15) is 25.3 Å². The number of ether oxygens (including phenoxy) is 1. The smallest absolute Gasteiger partial charge is 0.409 e. The van der Waals surface area contributed by atoms with Crippen molar-refractivity contribution in [3.8, 4) is 0 Å². The van der Waals surface area contributed by atoms with E-state index >= 15 is 0 Å². The molecule has 1 aromatic carbocycles. The lowest BCUT2D eigenvalue weighted by Gasteiger charge is -2.41. The van der Waals surface area contributed by atoms with Gasteiger partial charge in [0, 0.05) is 19.6 Å². The van der Waals surface area contributed by atoms with Crippen molar-refractivity contribution in [3.63, 3.8) is 0 Å². The molecular weight excluding hydrogens is 310 g/mol. The summed E-state index contributed by atoms with van der Waals surface area (Å²) < 4.78 is 5.01. The molecule has 2 heterocycles. The normalized spacial score (nSPS) is 19.5. The molecule has 3 rings (SSSR count). The number of hydrogen-bond donors (Lipinski definition) is 1. The molecule has 1 spiro atoms. The summed E-state index contributed by atoms with van der Waals surface area (Å²) in [4.78, 5) is 39.8. The summed E-state index contributed by atoms with van der Waals surface area (Å²) in [6, 6.07) is 9.21. The number of nitrogens with one attached hydrogen (secondary N) is 1. The minimum Gasteiger partial charge on any atom is -0.450 e. The number of hydrogen-bond acceptors (Lipinski definition) is 4. The number of rotatable bonds is 3. The van der Waals surface area contributed by atoms with Crippen LogP contribution in [-0.4, -0.2) is 53.1 Å². The summed E-state index contributed by atoms with van der Waals surface area (Å²) in [7, 11) is 0. The van der Waals surface area contributed by atoms with Crippen LogP contribution >= 0.6 is 0 Å². The van der Waals surface area contributed by atoms with Crippen LogP contribution in [0.3, 0.4) is 0 Å². The van der Waals surface area contributed by atoms with E-state index < -0.39 is 5.54 Å². The molecule has 2 saturated heterocycles. The molecule has 0 bridgehead atoms. The molecule has 2 aliphatic rings. The van der Waals surface area contributed by atoms with Gasteiger partial charge in [-0.15, -0.1) is 0 Å². The highest BCUT2D eigenvalue weighted by atomic mass is 16.6. The van der Waals surface area contributed by atoms with Crippen LogP contribution < -0.4 is 5.32 Å². The topological polar surface area (TPSA) is 79.0 Å². The first-order valence-electron chi connectivity index (χ1n) is 8.15. The van der Waals surface area contributed by atoms with Crippen molar-refractivity contribution in [2.75, 3.05) is 19.7 Å². The zero-order valence-electron chi connectivity index (χ0n) is 13.7. The lowest BCUT2D eigenvalue weighted by atomic mass is 9.86. The Morgan fingerprint density at radius 3 is 2.50 bits per heavy atom. The standard InChI is InChI=1S/C17H21N3O4/c1-2-24-16(23)19-10-8-17(9-11-19)14(21)18-15(22)20(17)12-13-6-4-3-5-7-13/h3-7H,2,8-12H2,1H3,(H,18,21,22). The van der Waals surface area contributed by atoms with Crippen molar-refractivity contribution in [1.82, 2.24) is 15.1 Å². The fraction of sp³-hybridized carbons (Fsp3) is 0.471. The first kappa shape index (κ1) is 16.3. The van der Waals surface area contributed by atoms with Gasteiger partial charge in [0.2, 0.25) is 0 Å². The van der Waals surface area contributed by atoms with Gasteiger partial charge in [-0.3, -0.25) is 10.1 Å². The third-order valence-electron chi connectivity index (χ3n) is 4.71. The van der Waals surface area contributed by atoms with Gasteiger partial charge in [0.1, 0.15) is 5.54 Å². The predicted molar refractivity (Wildman–Crippen MR) is 86.1 cm³/mol. The van der Waals surface area contributed by atoms with E-state index in [9.17, 15) is 14.4 Å². The van der Waals surface area contributed by atoms with E-state index in [4.69, 9.17) is 4.74 Å². The van der Waals surface area contributed by atoms with Crippen molar-refractivity contribution in [3.05, 3.63) is 35.9 Å². The minimum atomic E-state index is -0.879. The number of amides is 4. The Bertz CT molecular complexity index is 638. The molecule has 1 aromatic rings. The van der Waals surface area contributed by atoms with Gasteiger partial charge in [-0.25, -0.2) is 9.59 Å². The molecule has 1 N–H and O–H groups in total. The third-order valence-corrected chi connectivity index (χ3v) is 4.71. The lowest BCUT2D eigenvalue weighted by molar-refractivity contribution is -0.129. The number of piperidine rings is 1. The molecule has 0 unspecified atom stereocenters. The highest BCUT2D eigenvalue weighted by Gasteiger charge is 2.54. The van der Waals surface area contributed by atoms with Crippen LogP contribution in [0.15, 0.2) is 30.3 Å². The van der Waals surface area contributed by atoms with E-state index in [2.05, 4.69) is 5.32 Å². The molecular formula is C17H21N3O4. The van der Waals surface area contributed by atoms with Crippen molar-refractivity contribution < 1.29 is 19.1 Å². The third kappa shape index (κ3) is 2.81. The van der Waals surface area contributed by atoms with E-state index in [1.807, 2.05) is 30.3 Å². The van der Waals surface area contributed by atoms with E-state index in [-0.39, 0.29) is 18.0 Å². The predicted octanol–water partition coefficient (Wildman–Crippen LogP) is 1.73. The Kier molecular flexibility index (Phi) is 4.42. The molecule has 0 radical (unpaired) electrons. The van der Waals surface area contributed by atoms with Gasteiger partial charge >= 0.3 is 12.1 Å². The van der Waals surface area contributed by atoms with Crippen molar-refractivity contribution in [2.24, 2.45) is 0 Å². The van der Waals surface area contributed by atoms with E-state index in [0.29, 0.717) is 39.1 Å². The Morgan fingerprint density at radius 1 is 1.21 bits per heavy atom. The summed E-state index contributed by atoms with van der Waals surface area (Å²) in [5.41, 5.74) is 0.0881. The van der Waals surface area contributed by atoms with E-state index in [0.717, 1.165) is 5.56 Å². The van der Waals surface area contributed by atoms with Crippen LogP contribution in [0, 0.1) is 0 Å². The number of likely N-dealkylation sites (tertiary alicyclic amines) is 1. The summed E-state index contributed by atoms with van der Waals surface area (Å²) in [5.74, 6) is -0.271. The molecule has 2 aliphatic heterocycles. The summed E-state index contributed by atoms with van der Waals surface area (Å²) in [5, 5.41) is 2.43. The summed E-state index contributed by atoms with van der Waals surface area (Å²) >= 11 is 0. The second-order valence-corrected chi connectivity index (χ2v) is 6.05. The Balaban J connectivity index is 1.76. The zero-order chi connectivity index (χ0) is 17.2. The fourth-order valence-corrected chi connectivity index (χ4v) is 3.36. The van der Waals surface area contributed by atoms with Crippen LogP contribution in [0.2, 0.25) is 0 Å².